The molecule has 1 atom stereocenters. The molecule has 0 radical (unpaired) electrons. The number of nitrogens with two attached hydrogens (primary N) is 1. The topological polar surface area (TPSA) is 64.3 Å². The highest BCUT2D eigenvalue weighted by Gasteiger charge is 2.20. The van der Waals surface area contributed by atoms with Crippen molar-refractivity contribution in [1.29, 1.82) is 0 Å². The molecule has 0 bridgehead atoms. The van der Waals surface area contributed by atoms with E-state index in [9.17, 15) is 13.6 Å². The van der Waals surface area contributed by atoms with Gasteiger partial charge in [0.15, 0.2) is 0 Å². The standard InChI is InChI=1S/C16H14Br2F2N2O2/c1-2-24-16(23)8-3-4-13(12(21)5-8)22-15(18)14-10(19)6-9(17)7-11(14)20/h3-7,15,22H,2,21H2,1H3. The first-order chi connectivity index (χ1) is 11.3. The van der Waals surface area contributed by atoms with Crippen molar-refractivity contribution in [3.05, 3.63) is 57.6 Å². The molecular weight excluding hydrogens is 450 g/mol. The molecule has 0 spiro atoms. The molecule has 0 amide bonds. The minimum Gasteiger partial charge on any atom is -0.462 e. The van der Waals surface area contributed by atoms with E-state index in [-0.39, 0.29) is 17.9 Å². The van der Waals surface area contributed by atoms with Gasteiger partial charge < -0.3 is 15.8 Å². The van der Waals surface area contributed by atoms with E-state index in [1.807, 2.05) is 0 Å². The minimum absolute atomic E-state index is 0.174. The number of rotatable bonds is 5. The van der Waals surface area contributed by atoms with Crippen LogP contribution in [0.15, 0.2) is 34.8 Å². The van der Waals surface area contributed by atoms with Gasteiger partial charge in [-0.1, -0.05) is 31.9 Å². The van der Waals surface area contributed by atoms with Crippen LogP contribution in [-0.2, 0) is 4.74 Å². The van der Waals surface area contributed by atoms with Gasteiger partial charge in [-0.15, -0.1) is 0 Å². The molecule has 4 nitrogen and oxygen atoms in total. The average Bonchev–Trinajstić information content (AvgIpc) is 2.48. The molecule has 2 aromatic carbocycles. The van der Waals surface area contributed by atoms with Crippen LogP contribution in [0.5, 0.6) is 0 Å². The molecule has 1 unspecified atom stereocenters. The first-order valence-electron chi connectivity index (χ1n) is 6.95. The number of nitrogen functional groups attached to an aromatic ring is 1. The summed E-state index contributed by atoms with van der Waals surface area (Å²) in [6, 6.07) is 6.84. The van der Waals surface area contributed by atoms with Crippen molar-refractivity contribution in [3.8, 4) is 0 Å². The van der Waals surface area contributed by atoms with Crippen molar-refractivity contribution in [1.82, 2.24) is 0 Å². The van der Waals surface area contributed by atoms with Crippen molar-refractivity contribution >= 4 is 49.2 Å². The summed E-state index contributed by atoms with van der Waals surface area (Å²) in [5.41, 5.74) is 6.70. The maximum absolute atomic E-state index is 14.0. The van der Waals surface area contributed by atoms with Gasteiger partial charge in [-0.25, -0.2) is 13.6 Å². The van der Waals surface area contributed by atoms with Crippen LogP contribution in [0.1, 0.15) is 27.8 Å². The van der Waals surface area contributed by atoms with Crippen LogP contribution in [0.4, 0.5) is 20.2 Å². The quantitative estimate of drug-likeness (QED) is 0.283. The first kappa shape index (κ1) is 18.7. The third-order valence-electron chi connectivity index (χ3n) is 3.14. The first-order valence-corrected chi connectivity index (χ1v) is 8.66. The Labute approximate surface area is 154 Å². The number of benzene rings is 2. The third-order valence-corrected chi connectivity index (χ3v) is 4.29. The Morgan fingerprint density at radius 1 is 1.29 bits per heavy atom. The highest BCUT2D eigenvalue weighted by molar-refractivity contribution is 9.10. The van der Waals surface area contributed by atoms with Crippen LogP contribution in [0.25, 0.3) is 0 Å². The molecule has 0 aliphatic heterocycles. The van der Waals surface area contributed by atoms with E-state index in [0.717, 1.165) is 0 Å². The summed E-state index contributed by atoms with van der Waals surface area (Å²) in [5, 5.41) is 2.87. The monoisotopic (exact) mass is 462 g/mol. The predicted octanol–water partition coefficient (Wildman–Crippen LogP) is 4.99. The molecule has 128 valence electrons. The lowest BCUT2D eigenvalue weighted by atomic mass is 10.1. The van der Waals surface area contributed by atoms with E-state index in [1.165, 1.54) is 24.3 Å². The lowest BCUT2D eigenvalue weighted by Gasteiger charge is -2.17. The Balaban J connectivity index is 2.24. The summed E-state index contributed by atoms with van der Waals surface area (Å²) in [6.07, 6.45) is 0. The Hall–Kier alpha value is -1.67. The average molecular weight is 464 g/mol. The van der Waals surface area contributed by atoms with Crippen LogP contribution in [-0.4, -0.2) is 12.6 Å². The highest BCUT2D eigenvalue weighted by atomic mass is 79.9. The smallest absolute Gasteiger partial charge is 0.338 e. The molecule has 8 heteroatoms. The molecule has 0 saturated heterocycles. The van der Waals surface area contributed by atoms with E-state index in [4.69, 9.17) is 10.5 Å². The van der Waals surface area contributed by atoms with Gasteiger partial charge in [0, 0.05) is 4.47 Å². The molecule has 2 rings (SSSR count). The largest absolute Gasteiger partial charge is 0.462 e. The third kappa shape index (κ3) is 4.24. The van der Waals surface area contributed by atoms with Gasteiger partial charge in [-0.3, -0.25) is 0 Å². The van der Waals surface area contributed by atoms with Crippen LogP contribution in [0.3, 0.4) is 0 Å². The summed E-state index contributed by atoms with van der Waals surface area (Å²) in [4.78, 5) is 10.8. The maximum atomic E-state index is 14.0. The van der Waals surface area contributed by atoms with Crippen molar-refractivity contribution < 1.29 is 18.3 Å². The molecule has 0 fully saturated rings. The van der Waals surface area contributed by atoms with E-state index < -0.39 is 22.6 Å². The molecule has 0 aromatic heterocycles. The minimum atomic E-state index is -0.846. The van der Waals surface area contributed by atoms with Crippen molar-refractivity contribution in [3.63, 3.8) is 0 Å². The number of carbonyl (C=O) groups excluding carboxylic acids is 1. The maximum Gasteiger partial charge on any atom is 0.338 e. The zero-order valence-corrected chi connectivity index (χ0v) is 15.7. The second kappa shape index (κ2) is 7.94. The number of nitrogens with one attached hydrogen (secondary N) is 1. The van der Waals surface area contributed by atoms with Crippen molar-refractivity contribution in [2.24, 2.45) is 0 Å². The van der Waals surface area contributed by atoms with E-state index in [0.29, 0.717) is 15.7 Å². The van der Waals surface area contributed by atoms with Gasteiger partial charge in [0.25, 0.3) is 0 Å². The lowest BCUT2D eigenvalue weighted by molar-refractivity contribution is 0.0526. The zero-order valence-electron chi connectivity index (χ0n) is 12.6. The number of carbonyl (C=O) groups is 1. The van der Waals surface area contributed by atoms with Crippen LogP contribution in [0, 0.1) is 11.6 Å². The molecule has 0 saturated carbocycles. The number of alkyl halides is 1. The molecular formula is C16H14Br2F2N2O2. The number of anilines is 2. The molecule has 0 aliphatic rings. The zero-order chi connectivity index (χ0) is 17.9. The number of hydrogen-bond donors (Lipinski definition) is 2. The summed E-state index contributed by atoms with van der Waals surface area (Å²) in [6.45, 7) is 1.96. The Morgan fingerprint density at radius 3 is 2.46 bits per heavy atom. The van der Waals surface area contributed by atoms with Crippen LogP contribution >= 0.6 is 31.9 Å². The van der Waals surface area contributed by atoms with Gasteiger partial charge in [-0.05, 0) is 37.3 Å². The van der Waals surface area contributed by atoms with E-state index in [1.54, 1.807) is 13.0 Å². The Kier molecular flexibility index (Phi) is 6.17. The number of halogens is 4. The van der Waals surface area contributed by atoms with E-state index in [2.05, 4.69) is 37.2 Å². The Morgan fingerprint density at radius 2 is 1.92 bits per heavy atom. The van der Waals surface area contributed by atoms with Gasteiger partial charge >= 0.3 is 5.97 Å². The fourth-order valence-corrected chi connectivity index (χ4v) is 3.13. The fourth-order valence-electron chi connectivity index (χ4n) is 2.04. The SMILES string of the molecule is CCOC(=O)c1ccc(NC(Br)c2c(F)cc(Br)cc2F)c(N)c1. The normalized spacial score (nSPS) is 11.9. The summed E-state index contributed by atoms with van der Waals surface area (Å²) in [7, 11) is 0. The Bertz CT molecular complexity index is 749. The molecule has 0 heterocycles. The van der Waals surface area contributed by atoms with Crippen LogP contribution < -0.4 is 11.1 Å². The van der Waals surface area contributed by atoms with Gasteiger partial charge in [0.1, 0.15) is 16.6 Å². The summed E-state index contributed by atoms with van der Waals surface area (Å²) >= 11 is 6.23. The fraction of sp³-hybridized carbons (Fsp3) is 0.188. The van der Waals surface area contributed by atoms with Crippen molar-refractivity contribution in [2.45, 2.75) is 11.9 Å². The lowest BCUT2D eigenvalue weighted by Crippen LogP contribution is -2.11. The molecule has 3 N–H and O–H groups in total. The highest BCUT2D eigenvalue weighted by Crippen LogP contribution is 2.33. The summed E-state index contributed by atoms with van der Waals surface area (Å²) < 4.78 is 33.2. The van der Waals surface area contributed by atoms with Gasteiger partial charge in [0.2, 0.25) is 0 Å². The second-order valence-corrected chi connectivity index (χ2v) is 6.64. The van der Waals surface area contributed by atoms with Crippen molar-refractivity contribution in [2.75, 3.05) is 17.7 Å². The summed E-state index contributed by atoms with van der Waals surface area (Å²) in [5.74, 6) is -1.91. The molecule has 2 aromatic rings. The van der Waals surface area contributed by atoms with Gasteiger partial charge in [0.05, 0.1) is 29.1 Å². The molecule has 0 aliphatic carbocycles. The predicted molar refractivity (Wildman–Crippen MR) is 96.2 cm³/mol. The number of ether oxygens (including phenoxy) is 1. The molecule has 24 heavy (non-hydrogen) atoms. The van der Waals surface area contributed by atoms with Gasteiger partial charge in [-0.2, -0.15) is 0 Å². The van der Waals surface area contributed by atoms with E-state index >= 15 is 0 Å². The number of esters is 1. The van der Waals surface area contributed by atoms with Crippen LogP contribution in [0.2, 0.25) is 0 Å². The second-order valence-electron chi connectivity index (χ2n) is 4.81. The number of hydrogen-bond acceptors (Lipinski definition) is 4.